The van der Waals surface area contributed by atoms with Crippen LogP contribution in [-0.2, 0) is 0 Å². The Kier molecular flexibility index (Phi) is 8.71. The molecule has 2 heterocycles. The van der Waals surface area contributed by atoms with Gasteiger partial charge in [0.05, 0.1) is 43.2 Å². The Balaban J connectivity index is 1.11. The second-order valence-corrected chi connectivity index (χ2v) is 12.3. The molecule has 6 rings (SSSR count). The molecule has 0 aliphatic carbocycles. The van der Waals surface area contributed by atoms with Crippen molar-refractivity contribution < 1.29 is 9.59 Å². The van der Waals surface area contributed by atoms with Gasteiger partial charge >= 0.3 is 0 Å². The quantitative estimate of drug-likeness (QED) is 0.151. The summed E-state index contributed by atoms with van der Waals surface area (Å²) in [6.07, 6.45) is 0.788. The number of carbonyl (C=O) groups excluding carboxylic acids is 2. The van der Waals surface area contributed by atoms with E-state index in [2.05, 4.69) is 20.6 Å². The highest BCUT2D eigenvalue weighted by molar-refractivity contribution is 6.35. The minimum absolute atomic E-state index is 0.163. The van der Waals surface area contributed by atoms with Crippen molar-refractivity contribution in [2.75, 3.05) is 19.6 Å². The third kappa shape index (κ3) is 6.04. The molecule has 0 saturated heterocycles. The highest BCUT2D eigenvalue weighted by Crippen LogP contribution is 2.28. The van der Waals surface area contributed by atoms with Gasteiger partial charge in [0, 0.05) is 25.2 Å². The van der Waals surface area contributed by atoms with Gasteiger partial charge in [0.25, 0.3) is 11.8 Å². The number of carbonyl (C=O) groups is 2. The van der Waals surface area contributed by atoms with Crippen molar-refractivity contribution in [1.29, 1.82) is 0 Å². The lowest BCUT2D eigenvalue weighted by molar-refractivity contribution is 0.0949. The number of nitrogens with zero attached hydrogens (tertiary/aromatic N) is 4. The van der Waals surface area contributed by atoms with Crippen molar-refractivity contribution in [3.05, 3.63) is 93.0 Å². The van der Waals surface area contributed by atoms with Gasteiger partial charge in [0.15, 0.2) is 0 Å². The summed E-state index contributed by atoms with van der Waals surface area (Å²) in [4.78, 5) is 45.3. The fraction of sp³-hybridized carbons (Fsp3) is 0.235. The summed E-state index contributed by atoms with van der Waals surface area (Å²) in [5, 5.41) is 6.89. The van der Waals surface area contributed by atoms with Crippen LogP contribution in [0.25, 0.3) is 44.1 Å². The Morgan fingerprint density at radius 1 is 0.652 bits per heavy atom. The van der Waals surface area contributed by atoms with E-state index in [-0.39, 0.29) is 31.4 Å². The highest BCUT2D eigenvalue weighted by atomic mass is 35.5. The van der Waals surface area contributed by atoms with E-state index in [0.717, 1.165) is 11.1 Å². The maximum atomic E-state index is 13.3. The van der Waals surface area contributed by atoms with Gasteiger partial charge in [-0.3, -0.25) is 9.59 Å². The predicted octanol–water partition coefficient (Wildman–Crippen LogP) is 5.40. The van der Waals surface area contributed by atoms with Crippen molar-refractivity contribution in [3.63, 3.8) is 0 Å². The summed E-state index contributed by atoms with van der Waals surface area (Å²) >= 11 is 12.7. The van der Waals surface area contributed by atoms with Crippen molar-refractivity contribution in [3.8, 4) is 0 Å². The molecule has 4 aromatic carbocycles. The number of nitrogens with one attached hydrogen (secondary N) is 2. The summed E-state index contributed by atoms with van der Waals surface area (Å²) in [6, 6.07) is 17.9. The first kappa shape index (κ1) is 31.5. The summed E-state index contributed by atoms with van der Waals surface area (Å²) in [5.74, 6) is -0.597. The van der Waals surface area contributed by atoms with Crippen LogP contribution in [0.1, 0.15) is 44.7 Å². The number of fused-ring (bicyclic) bond motifs is 4. The molecule has 0 atom stereocenters. The molecule has 0 spiro atoms. The summed E-state index contributed by atoms with van der Waals surface area (Å²) in [7, 11) is 0. The maximum absolute atomic E-state index is 13.3. The molecular formula is C34H32Cl2N8O2. The first-order valence-corrected chi connectivity index (χ1v) is 15.6. The number of hydrogen-bond acceptors (Lipinski definition) is 8. The average molecular weight is 656 g/mol. The van der Waals surface area contributed by atoms with E-state index in [1.807, 2.05) is 26.0 Å². The van der Waals surface area contributed by atoms with Gasteiger partial charge in [0.2, 0.25) is 0 Å². The minimum Gasteiger partial charge on any atom is -0.352 e. The molecule has 6 aromatic rings. The Morgan fingerprint density at radius 2 is 1.09 bits per heavy atom. The number of para-hydroxylation sites is 2. The van der Waals surface area contributed by atoms with E-state index in [0.29, 0.717) is 78.1 Å². The van der Waals surface area contributed by atoms with Crippen LogP contribution >= 0.6 is 23.2 Å². The van der Waals surface area contributed by atoms with Gasteiger partial charge in [-0.2, -0.15) is 0 Å². The van der Waals surface area contributed by atoms with Crippen molar-refractivity contribution in [1.82, 2.24) is 30.6 Å². The number of halogens is 2. The lowest BCUT2D eigenvalue weighted by Gasteiger charge is -2.28. The summed E-state index contributed by atoms with van der Waals surface area (Å²) in [6.45, 7) is 4.56. The standard InChI is InChI=1S/C34H32Cl2N8O2/c1-18-9-11-22(35)30-26(18)43-28-20(5-3-7-24(28)41-30)32(45)39-15-13-34(38,17-37)14-16-40-33(46)21-6-4-8-25-29(21)44-27-19(2)10-12-23(36)31(27)42-25/h3-12H,13-17,37-38H2,1-2H3,(H,39,45)(H,40,46). The van der Waals surface area contributed by atoms with Crippen LogP contribution in [0.15, 0.2) is 60.7 Å². The molecule has 46 heavy (non-hydrogen) atoms. The Bertz CT molecular complexity index is 2020. The van der Waals surface area contributed by atoms with Gasteiger partial charge in [-0.05, 0) is 74.2 Å². The monoisotopic (exact) mass is 654 g/mol. The van der Waals surface area contributed by atoms with Crippen LogP contribution in [0.4, 0.5) is 0 Å². The third-order valence-corrected chi connectivity index (χ3v) is 8.87. The SMILES string of the molecule is Cc1ccc(Cl)c2nc3cccc(C(=O)NCCC(N)(CN)CCNC(=O)c4cccc5nc6c(Cl)ccc(C)c6nc45)c3nc12. The molecular weight excluding hydrogens is 623 g/mol. The van der Waals surface area contributed by atoms with Crippen LogP contribution in [0.5, 0.6) is 0 Å². The fourth-order valence-electron chi connectivity index (χ4n) is 5.49. The Morgan fingerprint density at radius 3 is 1.50 bits per heavy atom. The smallest absolute Gasteiger partial charge is 0.253 e. The second-order valence-electron chi connectivity index (χ2n) is 11.5. The van der Waals surface area contributed by atoms with Crippen LogP contribution < -0.4 is 22.1 Å². The zero-order valence-corrected chi connectivity index (χ0v) is 26.8. The predicted molar refractivity (Wildman–Crippen MR) is 183 cm³/mol. The van der Waals surface area contributed by atoms with Gasteiger partial charge in [-0.1, -0.05) is 47.5 Å². The van der Waals surface area contributed by atoms with Gasteiger partial charge in [-0.15, -0.1) is 0 Å². The molecule has 234 valence electrons. The molecule has 2 amide bonds. The second kappa shape index (κ2) is 12.7. The minimum atomic E-state index is -0.828. The van der Waals surface area contributed by atoms with E-state index in [9.17, 15) is 9.59 Å². The maximum Gasteiger partial charge on any atom is 0.253 e. The van der Waals surface area contributed by atoms with Crippen LogP contribution in [-0.4, -0.2) is 56.9 Å². The van der Waals surface area contributed by atoms with Gasteiger partial charge in [-0.25, -0.2) is 19.9 Å². The molecule has 0 aliphatic rings. The van der Waals surface area contributed by atoms with Crippen LogP contribution in [0.2, 0.25) is 10.0 Å². The van der Waals surface area contributed by atoms with Crippen LogP contribution in [0, 0.1) is 13.8 Å². The molecule has 0 saturated carbocycles. The number of benzene rings is 4. The number of hydrogen-bond donors (Lipinski definition) is 4. The molecule has 0 fully saturated rings. The Hall–Kier alpha value is -4.48. The molecule has 0 radical (unpaired) electrons. The first-order chi connectivity index (χ1) is 22.1. The highest BCUT2D eigenvalue weighted by Gasteiger charge is 2.24. The van der Waals surface area contributed by atoms with E-state index >= 15 is 0 Å². The normalized spacial score (nSPS) is 11.9. The number of aromatic nitrogens is 4. The molecule has 0 unspecified atom stereocenters. The summed E-state index contributed by atoms with van der Waals surface area (Å²) in [5.41, 5.74) is 19.1. The zero-order chi connectivity index (χ0) is 32.6. The van der Waals surface area contributed by atoms with Gasteiger partial charge < -0.3 is 22.1 Å². The number of nitrogens with two attached hydrogens (primary N) is 2. The number of rotatable bonds is 9. The third-order valence-electron chi connectivity index (χ3n) is 8.26. The van der Waals surface area contributed by atoms with Crippen molar-refractivity contribution in [2.45, 2.75) is 32.2 Å². The number of aryl methyl sites for hydroxylation is 2. The van der Waals surface area contributed by atoms with Crippen molar-refractivity contribution >= 4 is 79.1 Å². The summed E-state index contributed by atoms with van der Waals surface area (Å²) < 4.78 is 0. The molecule has 2 aromatic heterocycles. The van der Waals surface area contributed by atoms with E-state index in [4.69, 9.17) is 44.6 Å². The van der Waals surface area contributed by atoms with E-state index < -0.39 is 5.54 Å². The molecule has 6 N–H and O–H groups in total. The molecule has 0 aliphatic heterocycles. The first-order valence-electron chi connectivity index (χ1n) is 14.8. The van der Waals surface area contributed by atoms with Crippen molar-refractivity contribution in [2.24, 2.45) is 11.5 Å². The van der Waals surface area contributed by atoms with Gasteiger partial charge in [0.1, 0.15) is 22.1 Å². The van der Waals surface area contributed by atoms with E-state index in [1.54, 1.807) is 48.5 Å². The lowest BCUT2D eigenvalue weighted by atomic mass is 9.92. The van der Waals surface area contributed by atoms with E-state index in [1.165, 1.54) is 0 Å². The number of amides is 2. The largest absolute Gasteiger partial charge is 0.352 e. The molecule has 0 bridgehead atoms. The molecule has 12 heteroatoms. The zero-order valence-electron chi connectivity index (χ0n) is 25.3. The fourth-order valence-corrected chi connectivity index (χ4v) is 5.87. The Labute approximate surface area is 274 Å². The molecule has 10 nitrogen and oxygen atoms in total. The van der Waals surface area contributed by atoms with Crippen LogP contribution in [0.3, 0.4) is 0 Å². The average Bonchev–Trinajstić information content (AvgIpc) is 3.06. The lowest BCUT2D eigenvalue weighted by Crippen LogP contribution is -2.51. The topological polar surface area (TPSA) is 162 Å².